The molecule has 0 amide bonds. The lowest BCUT2D eigenvalue weighted by Gasteiger charge is -2.56. The van der Waals surface area contributed by atoms with Crippen LogP contribution in [-0.4, -0.2) is 22.5 Å². The lowest BCUT2D eigenvalue weighted by atomic mass is 9.45. The van der Waals surface area contributed by atoms with Gasteiger partial charge in [-0.05, 0) is 29.6 Å². The van der Waals surface area contributed by atoms with Crippen LogP contribution in [0.1, 0.15) is 34.1 Å². The number of allylic oxidation sites excluding steroid dienone is 2. The van der Waals surface area contributed by atoms with Gasteiger partial charge in [0.1, 0.15) is 0 Å². The van der Waals surface area contributed by atoms with Gasteiger partial charge in [-0.1, -0.05) is 39.8 Å². The minimum Gasteiger partial charge on any atom is -0.481 e. The van der Waals surface area contributed by atoms with Crippen LogP contribution in [0.5, 0.6) is 0 Å². The molecule has 2 aliphatic rings. The van der Waals surface area contributed by atoms with Gasteiger partial charge < -0.3 is 5.11 Å². The zero-order valence-corrected chi connectivity index (χ0v) is 12.5. The minimum absolute atomic E-state index is 0.0308. The third-order valence-corrected chi connectivity index (χ3v) is 5.15. The molecule has 5 nitrogen and oxygen atoms in total. The van der Waals surface area contributed by atoms with E-state index in [0.29, 0.717) is 18.3 Å². The molecule has 0 bridgehead atoms. The fraction of sp³-hybridized carbons (Fsp3) is 0.800. The Labute approximate surface area is 119 Å². The largest absolute Gasteiger partial charge is 0.481 e. The van der Waals surface area contributed by atoms with Gasteiger partial charge in [-0.25, -0.2) is 0 Å². The molecule has 0 heterocycles. The number of hydrogen-bond acceptors (Lipinski definition) is 3. The molecule has 0 aromatic carbocycles. The van der Waals surface area contributed by atoms with Gasteiger partial charge in [-0.3, -0.25) is 14.9 Å². The highest BCUT2D eigenvalue weighted by atomic mass is 16.6. The maximum Gasteiger partial charge on any atom is 0.307 e. The van der Waals surface area contributed by atoms with Crippen molar-refractivity contribution >= 4 is 5.97 Å². The van der Waals surface area contributed by atoms with E-state index in [1.807, 2.05) is 26.8 Å². The first kappa shape index (κ1) is 15.0. The molecule has 2 aliphatic carbocycles. The van der Waals surface area contributed by atoms with Crippen molar-refractivity contribution in [3.8, 4) is 0 Å². The zero-order chi connectivity index (χ0) is 15.3. The van der Waals surface area contributed by atoms with Crippen molar-refractivity contribution in [3.05, 3.63) is 22.3 Å². The van der Waals surface area contributed by atoms with E-state index in [2.05, 4.69) is 13.0 Å². The number of carboxylic acids is 1. The molecule has 5 atom stereocenters. The predicted molar refractivity (Wildman–Crippen MR) is 74.8 cm³/mol. The van der Waals surface area contributed by atoms with Gasteiger partial charge in [0, 0.05) is 4.92 Å². The van der Waals surface area contributed by atoms with Gasteiger partial charge in [-0.2, -0.15) is 0 Å². The molecule has 20 heavy (non-hydrogen) atoms. The van der Waals surface area contributed by atoms with E-state index in [9.17, 15) is 20.0 Å². The average Bonchev–Trinajstić information content (AvgIpc) is 2.50. The van der Waals surface area contributed by atoms with Crippen LogP contribution >= 0.6 is 0 Å². The molecule has 1 N–H and O–H groups in total. The molecule has 0 radical (unpaired) electrons. The molecule has 0 aliphatic heterocycles. The molecule has 0 saturated heterocycles. The molecular weight excluding hydrogens is 258 g/mol. The van der Waals surface area contributed by atoms with Gasteiger partial charge in [-0.15, -0.1) is 0 Å². The molecule has 2 unspecified atom stereocenters. The Morgan fingerprint density at radius 1 is 1.50 bits per heavy atom. The first-order valence-corrected chi connectivity index (χ1v) is 7.12. The first-order chi connectivity index (χ1) is 9.09. The Morgan fingerprint density at radius 2 is 2.10 bits per heavy atom. The Bertz CT molecular complexity index is 465. The summed E-state index contributed by atoms with van der Waals surface area (Å²) in [5.74, 6) is -0.806. The van der Waals surface area contributed by atoms with Crippen LogP contribution in [0, 0.1) is 44.6 Å². The Kier molecular flexibility index (Phi) is 3.43. The van der Waals surface area contributed by atoms with Crippen molar-refractivity contribution in [2.45, 2.75) is 34.1 Å². The third-order valence-electron chi connectivity index (χ3n) is 5.15. The summed E-state index contributed by atoms with van der Waals surface area (Å²) in [5, 5.41) is 20.8. The van der Waals surface area contributed by atoms with Gasteiger partial charge in [0.05, 0.1) is 11.3 Å². The van der Waals surface area contributed by atoms with Crippen LogP contribution in [0.25, 0.3) is 0 Å². The second-order valence-electron chi connectivity index (χ2n) is 7.50. The van der Waals surface area contributed by atoms with Crippen LogP contribution in [-0.2, 0) is 4.79 Å². The summed E-state index contributed by atoms with van der Waals surface area (Å²) in [7, 11) is 0. The standard InChI is InChI=1S/C15H23NO4/c1-9-5-6-11-10(9)7-15(11,8-16(19)20)12(13(17)18)14(2,3)4/h5-6,9-12H,7-8H2,1-4H3,(H,17,18)/t9?,10-,11+,12?,15-/m0/s1. The fourth-order valence-corrected chi connectivity index (χ4v) is 4.54. The van der Waals surface area contributed by atoms with E-state index in [1.54, 1.807) is 0 Å². The highest BCUT2D eigenvalue weighted by molar-refractivity contribution is 5.72. The topological polar surface area (TPSA) is 80.4 Å². The second kappa shape index (κ2) is 4.57. The third kappa shape index (κ3) is 2.13. The summed E-state index contributed by atoms with van der Waals surface area (Å²) in [6.07, 6.45) is 4.74. The van der Waals surface area contributed by atoms with Gasteiger partial charge in [0.15, 0.2) is 0 Å². The van der Waals surface area contributed by atoms with Crippen molar-refractivity contribution in [1.29, 1.82) is 0 Å². The number of carbonyl (C=O) groups is 1. The zero-order valence-electron chi connectivity index (χ0n) is 12.5. The highest BCUT2D eigenvalue weighted by Gasteiger charge is 2.66. The van der Waals surface area contributed by atoms with Crippen molar-refractivity contribution in [1.82, 2.24) is 0 Å². The van der Waals surface area contributed by atoms with Crippen LogP contribution < -0.4 is 0 Å². The number of hydrogen-bond donors (Lipinski definition) is 1. The summed E-state index contributed by atoms with van der Waals surface area (Å²) in [5.41, 5.74) is -1.23. The van der Waals surface area contributed by atoms with E-state index < -0.39 is 22.7 Å². The number of nitrogens with zero attached hydrogens (tertiary/aromatic N) is 1. The van der Waals surface area contributed by atoms with Crippen molar-refractivity contribution in [3.63, 3.8) is 0 Å². The van der Waals surface area contributed by atoms with Crippen molar-refractivity contribution in [2.24, 2.45) is 34.5 Å². The summed E-state index contributed by atoms with van der Waals surface area (Å²) < 4.78 is 0. The van der Waals surface area contributed by atoms with E-state index >= 15 is 0 Å². The summed E-state index contributed by atoms with van der Waals surface area (Å²) >= 11 is 0. The van der Waals surface area contributed by atoms with E-state index in [1.165, 1.54) is 0 Å². The summed E-state index contributed by atoms with van der Waals surface area (Å²) in [6, 6.07) is 0. The van der Waals surface area contributed by atoms with Crippen LogP contribution in [0.15, 0.2) is 12.2 Å². The van der Waals surface area contributed by atoms with Crippen LogP contribution in [0.2, 0.25) is 0 Å². The van der Waals surface area contributed by atoms with Gasteiger partial charge in [0.25, 0.3) is 0 Å². The maximum atomic E-state index is 11.8. The normalized spacial score (nSPS) is 37.1. The van der Waals surface area contributed by atoms with Crippen LogP contribution in [0.4, 0.5) is 0 Å². The number of nitro groups is 1. The second-order valence-corrected chi connectivity index (χ2v) is 7.50. The lowest BCUT2D eigenvalue weighted by Crippen LogP contribution is -2.60. The number of rotatable bonds is 4. The molecule has 2 rings (SSSR count). The van der Waals surface area contributed by atoms with Crippen molar-refractivity contribution in [2.75, 3.05) is 6.54 Å². The summed E-state index contributed by atoms with van der Waals surface area (Å²) in [6.45, 7) is 7.44. The SMILES string of the molecule is CC1C=C[C@@H]2[C@H]1C[C@@]2(C[N+](=O)[O-])C(C(=O)O)C(C)(C)C. The Hall–Kier alpha value is -1.39. The maximum absolute atomic E-state index is 11.8. The summed E-state index contributed by atoms with van der Waals surface area (Å²) in [4.78, 5) is 22.6. The molecular formula is C15H23NO4. The van der Waals surface area contributed by atoms with E-state index in [0.717, 1.165) is 0 Å². The number of carboxylic acid groups (broad SMARTS) is 1. The molecule has 0 spiro atoms. The molecule has 1 saturated carbocycles. The quantitative estimate of drug-likeness (QED) is 0.488. The van der Waals surface area contributed by atoms with Gasteiger partial charge in [0.2, 0.25) is 6.54 Å². The average molecular weight is 281 g/mol. The van der Waals surface area contributed by atoms with Gasteiger partial charge >= 0.3 is 5.97 Å². The minimum atomic E-state index is -0.911. The van der Waals surface area contributed by atoms with Crippen molar-refractivity contribution < 1.29 is 14.8 Å². The smallest absolute Gasteiger partial charge is 0.307 e. The molecule has 112 valence electrons. The first-order valence-electron chi connectivity index (χ1n) is 7.12. The highest BCUT2D eigenvalue weighted by Crippen LogP contribution is 2.64. The predicted octanol–water partition coefficient (Wildman–Crippen LogP) is 2.84. The molecule has 1 fully saturated rings. The van der Waals surface area contributed by atoms with Crippen LogP contribution in [0.3, 0.4) is 0 Å². The number of aliphatic carboxylic acids is 1. The molecule has 0 aromatic heterocycles. The lowest BCUT2D eigenvalue weighted by molar-refractivity contribution is -0.510. The Balaban J connectivity index is 2.41. The van der Waals surface area contributed by atoms with E-state index in [-0.39, 0.29) is 17.4 Å². The molecule has 5 heteroatoms. The fourth-order valence-electron chi connectivity index (χ4n) is 4.54. The number of fused-ring (bicyclic) bond motifs is 1. The van der Waals surface area contributed by atoms with E-state index in [4.69, 9.17) is 0 Å². The molecule has 0 aromatic rings. The monoisotopic (exact) mass is 281 g/mol. The Morgan fingerprint density at radius 3 is 2.50 bits per heavy atom.